The number of ether oxygens (including phenoxy) is 2. The molecule has 0 atom stereocenters. The average molecular weight is 345 g/mol. The normalized spacial score (nSPS) is 14.5. The Kier molecular flexibility index (Phi) is 6.63. The number of nitriles is 1. The third-order valence-electron chi connectivity index (χ3n) is 4.19. The van der Waals surface area contributed by atoms with Crippen molar-refractivity contribution >= 4 is 11.8 Å². The topological polar surface area (TPSA) is 91.7 Å². The first kappa shape index (κ1) is 18.6. The zero-order valence-electron chi connectivity index (χ0n) is 14.6. The number of carbonyl (C=O) groups excluding carboxylic acids is 2. The van der Waals surface area contributed by atoms with Gasteiger partial charge >= 0.3 is 0 Å². The molecule has 25 heavy (non-hydrogen) atoms. The fraction of sp³-hybridized carbons (Fsp3) is 0.500. The van der Waals surface area contributed by atoms with Gasteiger partial charge in [-0.15, -0.1) is 0 Å². The molecule has 134 valence electrons. The Labute approximate surface area is 147 Å². The molecule has 0 bridgehead atoms. The molecular formula is C18H23N3O4. The van der Waals surface area contributed by atoms with Gasteiger partial charge in [-0.1, -0.05) is 0 Å². The summed E-state index contributed by atoms with van der Waals surface area (Å²) >= 11 is 0. The van der Waals surface area contributed by atoms with Crippen LogP contribution in [0.15, 0.2) is 18.2 Å². The monoisotopic (exact) mass is 345 g/mol. The van der Waals surface area contributed by atoms with Crippen LogP contribution in [-0.2, 0) is 9.59 Å². The molecule has 2 amide bonds. The second-order valence-corrected chi connectivity index (χ2v) is 5.76. The molecule has 7 nitrogen and oxygen atoms in total. The molecule has 1 aliphatic heterocycles. The van der Waals surface area contributed by atoms with Gasteiger partial charge in [-0.25, -0.2) is 0 Å². The molecule has 0 aliphatic carbocycles. The SMILES string of the molecule is CCOc1cc(C#N)ccc1OCC(=O)N1CCC(C(=O)NC)CC1. The van der Waals surface area contributed by atoms with Crippen molar-refractivity contribution in [2.45, 2.75) is 19.8 Å². The van der Waals surface area contributed by atoms with E-state index >= 15 is 0 Å². The molecule has 1 fully saturated rings. The lowest BCUT2D eigenvalue weighted by atomic mass is 9.96. The Bertz CT molecular complexity index is 661. The molecule has 2 rings (SSSR count). The summed E-state index contributed by atoms with van der Waals surface area (Å²) < 4.78 is 11.1. The van der Waals surface area contributed by atoms with Gasteiger partial charge in [-0.2, -0.15) is 5.26 Å². The van der Waals surface area contributed by atoms with Crippen LogP contribution in [0.2, 0.25) is 0 Å². The van der Waals surface area contributed by atoms with E-state index in [1.165, 1.54) is 0 Å². The maximum atomic E-state index is 12.3. The number of likely N-dealkylation sites (tertiary alicyclic amines) is 1. The predicted octanol–water partition coefficient (Wildman–Crippen LogP) is 1.32. The van der Waals surface area contributed by atoms with E-state index in [0.717, 1.165) is 0 Å². The molecule has 0 spiro atoms. The summed E-state index contributed by atoms with van der Waals surface area (Å²) in [4.78, 5) is 25.7. The number of hydrogen-bond donors (Lipinski definition) is 1. The van der Waals surface area contributed by atoms with Crippen LogP contribution in [0.1, 0.15) is 25.3 Å². The molecule has 0 radical (unpaired) electrons. The highest BCUT2D eigenvalue weighted by molar-refractivity contribution is 5.80. The third-order valence-corrected chi connectivity index (χ3v) is 4.19. The summed E-state index contributed by atoms with van der Waals surface area (Å²) in [5.41, 5.74) is 0.471. The molecule has 1 heterocycles. The highest BCUT2D eigenvalue weighted by Gasteiger charge is 2.26. The van der Waals surface area contributed by atoms with Crippen LogP contribution in [0.4, 0.5) is 0 Å². The van der Waals surface area contributed by atoms with E-state index in [0.29, 0.717) is 49.6 Å². The highest BCUT2D eigenvalue weighted by atomic mass is 16.5. The molecule has 0 unspecified atom stereocenters. The van der Waals surface area contributed by atoms with Gasteiger partial charge in [0.2, 0.25) is 5.91 Å². The maximum Gasteiger partial charge on any atom is 0.260 e. The van der Waals surface area contributed by atoms with E-state index in [-0.39, 0.29) is 24.3 Å². The number of carbonyl (C=O) groups is 2. The predicted molar refractivity (Wildman–Crippen MR) is 91.2 cm³/mol. The summed E-state index contributed by atoms with van der Waals surface area (Å²) in [6, 6.07) is 6.90. The lowest BCUT2D eigenvalue weighted by molar-refractivity contribution is -0.137. The lowest BCUT2D eigenvalue weighted by Crippen LogP contribution is -2.44. The largest absolute Gasteiger partial charge is 0.490 e. The number of nitrogens with one attached hydrogen (secondary N) is 1. The zero-order valence-corrected chi connectivity index (χ0v) is 14.6. The molecule has 0 aromatic heterocycles. The first-order valence-electron chi connectivity index (χ1n) is 8.38. The van der Waals surface area contributed by atoms with Gasteiger partial charge in [0.15, 0.2) is 18.1 Å². The summed E-state index contributed by atoms with van der Waals surface area (Å²) in [5, 5.41) is 11.6. The minimum Gasteiger partial charge on any atom is -0.490 e. The fourth-order valence-electron chi connectivity index (χ4n) is 2.79. The summed E-state index contributed by atoms with van der Waals surface area (Å²) in [6.45, 7) is 3.27. The molecule has 1 aromatic rings. The smallest absolute Gasteiger partial charge is 0.260 e. The van der Waals surface area contributed by atoms with E-state index in [4.69, 9.17) is 14.7 Å². The third kappa shape index (κ3) is 4.86. The summed E-state index contributed by atoms with van der Waals surface area (Å²) in [5.74, 6) is 0.768. The number of amides is 2. The van der Waals surface area contributed by atoms with Crippen LogP contribution >= 0.6 is 0 Å². The van der Waals surface area contributed by atoms with Crippen molar-refractivity contribution in [3.63, 3.8) is 0 Å². The number of benzene rings is 1. The Morgan fingerprint density at radius 2 is 2.00 bits per heavy atom. The quantitative estimate of drug-likeness (QED) is 0.839. The summed E-state index contributed by atoms with van der Waals surface area (Å²) in [7, 11) is 1.63. The van der Waals surface area contributed by atoms with Crippen molar-refractivity contribution in [3.05, 3.63) is 23.8 Å². The molecule has 7 heteroatoms. The van der Waals surface area contributed by atoms with E-state index in [2.05, 4.69) is 5.32 Å². The van der Waals surface area contributed by atoms with E-state index in [1.807, 2.05) is 13.0 Å². The average Bonchev–Trinajstić information content (AvgIpc) is 2.66. The Hall–Kier alpha value is -2.75. The van der Waals surface area contributed by atoms with E-state index in [9.17, 15) is 9.59 Å². The first-order chi connectivity index (χ1) is 12.1. The van der Waals surface area contributed by atoms with Crippen LogP contribution in [0.5, 0.6) is 11.5 Å². The second kappa shape index (κ2) is 8.92. The molecule has 0 saturated carbocycles. The Balaban J connectivity index is 1.90. The molecule has 1 N–H and O–H groups in total. The van der Waals surface area contributed by atoms with Crippen LogP contribution in [0, 0.1) is 17.2 Å². The standard InChI is InChI=1S/C18H23N3O4/c1-3-24-16-10-13(11-19)4-5-15(16)25-12-17(22)21-8-6-14(7-9-21)18(23)20-2/h4-5,10,14H,3,6-9,12H2,1-2H3,(H,20,23). The fourth-order valence-corrected chi connectivity index (χ4v) is 2.79. The minimum absolute atomic E-state index is 0.0296. The summed E-state index contributed by atoms with van der Waals surface area (Å²) in [6.07, 6.45) is 1.32. The van der Waals surface area contributed by atoms with Crippen molar-refractivity contribution in [2.24, 2.45) is 5.92 Å². The number of nitrogens with zero attached hydrogens (tertiary/aromatic N) is 2. The van der Waals surface area contributed by atoms with Crippen molar-refractivity contribution in [1.82, 2.24) is 10.2 Å². The van der Waals surface area contributed by atoms with Crippen molar-refractivity contribution in [3.8, 4) is 17.6 Å². The Morgan fingerprint density at radius 1 is 1.28 bits per heavy atom. The molecule has 1 aliphatic rings. The second-order valence-electron chi connectivity index (χ2n) is 5.76. The minimum atomic E-state index is -0.123. The van der Waals surface area contributed by atoms with E-state index < -0.39 is 0 Å². The first-order valence-corrected chi connectivity index (χ1v) is 8.38. The van der Waals surface area contributed by atoms with Gasteiger partial charge in [0.1, 0.15) is 0 Å². The van der Waals surface area contributed by atoms with Crippen molar-refractivity contribution in [1.29, 1.82) is 5.26 Å². The van der Waals surface area contributed by atoms with Gasteiger partial charge in [0.25, 0.3) is 5.91 Å². The zero-order chi connectivity index (χ0) is 18.2. The van der Waals surface area contributed by atoms with Crippen molar-refractivity contribution < 1.29 is 19.1 Å². The van der Waals surface area contributed by atoms with Gasteiger partial charge in [0, 0.05) is 32.1 Å². The van der Waals surface area contributed by atoms with Crippen LogP contribution in [0.3, 0.4) is 0 Å². The lowest BCUT2D eigenvalue weighted by Gasteiger charge is -2.31. The van der Waals surface area contributed by atoms with E-state index in [1.54, 1.807) is 30.1 Å². The molecule has 1 aromatic carbocycles. The molecular weight excluding hydrogens is 322 g/mol. The van der Waals surface area contributed by atoms with Crippen LogP contribution in [-0.4, -0.2) is 50.1 Å². The number of piperidine rings is 1. The van der Waals surface area contributed by atoms with Gasteiger partial charge in [-0.3, -0.25) is 9.59 Å². The highest BCUT2D eigenvalue weighted by Crippen LogP contribution is 2.28. The number of hydrogen-bond acceptors (Lipinski definition) is 5. The number of rotatable bonds is 6. The molecule has 1 saturated heterocycles. The van der Waals surface area contributed by atoms with Crippen molar-refractivity contribution in [2.75, 3.05) is 33.4 Å². The van der Waals surface area contributed by atoms with Gasteiger partial charge < -0.3 is 19.7 Å². The van der Waals surface area contributed by atoms with Gasteiger partial charge in [-0.05, 0) is 31.9 Å². The Morgan fingerprint density at radius 3 is 2.60 bits per heavy atom. The van der Waals surface area contributed by atoms with Crippen LogP contribution < -0.4 is 14.8 Å². The van der Waals surface area contributed by atoms with Crippen LogP contribution in [0.25, 0.3) is 0 Å². The van der Waals surface area contributed by atoms with Gasteiger partial charge in [0.05, 0.1) is 18.2 Å². The maximum absolute atomic E-state index is 12.3.